The Bertz CT molecular complexity index is 1070. The van der Waals surface area contributed by atoms with Crippen LogP contribution in [0.3, 0.4) is 0 Å². The molecule has 1 aliphatic rings. The van der Waals surface area contributed by atoms with Gasteiger partial charge >= 0.3 is 0 Å². The lowest BCUT2D eigenvalue weighted by Gasteiger charge is -2.22. The lowest BCUT2D eigenvalue weighted by molar-refractivity contribution is 0.618. The van der Waals surface area contributed by atoms with Crippen LogP contribution in [0.4, 0.5) is 5.82 Å². The van der Waals surface area contributed by atoms with E-state index in [4.69, 9.17) is 9.40 Å². The standard InChI is InChI=1S/C24H23N3O/c1-2-10-16-27(15-9-1)23-21-20(18-11-5-3-6-12-18)22(19-13-7-4-8-14-19)28-24(21)26-17-25-23/h3-8,11-14,17H,1-2,9-10,15-16H2. The summed E-state index contributed by atoms with van der Waals surface area (Å²) in [5.74, 6) is 1.86. The Morgan fingerprint density at radius 3 is 2.04 bits per heavy atom. The van der Waals surface area contributed by atoms with Crippen LogP contribution < -0.4 is 4.90 Å². The summed E-state index contributed by atoms with van der Waals surface area (Å²) in [5, 5.41) is 1.02. The smallest absolute Gasteiger partial charge is 0.232 e. The van der Waals surface area contributed by atoms with Gasteiger partial charge in [-0.1, -0.05) is 73.5 Å². The summed E-state index contributed by atoms with van der Waals surface area (Å²) in [5.41, 5.74) is 3.93. The van der Waals surface area contributed by atoms with E-state index in [2.05, 4.69) is 46.3 Å². The van der Waals surface area contributed by atoms with E-state index in [1.165, 1.54) is 25.7 Å². The summed E-state index contributed by atoms with van der Waals surface area (Å²) in [4.78, 5) is 11.6. The molecule has 1 saturated heterocycles. The van der Waals surface area contributed by atoms with Crippen LogP contribution in [0.15, 0.2) is 71.4 Å². The van der Waals surface area contributed by atoms with E-state index >= 15 is 0 Å². The largest absolute Gasteiger partial charge is 0.437 e. The number of aromatic nitrogens is 2. The second-order valence-corrected chi connectivity index (χ2v) is 7.32. The Labute approximate surface area is 164 Å². The number of benzene rings is 2. The van der Waals surface area contributed by atoms with Crippen molar-refractivity contribution in [1.29, 1.82) is 0 Å². The molecule has 1 fully saturated rings. The topological polar surface area (TPSA) is 42.2 Å². The molecule has 140 valence electrons. The third-order valence-electron chi connectivity index (χ3n) is 5.47. The summed E-state index contributed by atoms with van der Waals surface area (Å²) < 4.78 is 6.32. The van der Waals surface area contributed by atoms with Gasteiger partial charge in [-0.05, 0) is 18.4 Å². The van der Waals surface area contributed by atoms with Crippen molar-refractivity contribution in [2.75, 3.05) is 18.0 Å². The van der Waals surface area contributed by atoms with Gasteiger partial charge < -0.3 is 9.32 Å². The number of furan rings is 1. The van der Waals surface area contributed by atoms with Crippen LogP contribution in [-0.4, -0.2) is 23.1 Å². The summed E-state index contributed by atoms with van der Waals surface area (Å²) in [6.45, 7) is 2.07. The third-order valence-corrected chi connectivity index (χ3v) is 5.47. The fourth-order valence-electron chi connectivity index (χ4n) is 4.11. The van der Waals surface area contributed by atoms with Crippen LogP contribution in [0.5, 0.6) is 0 Å². The summed E-state index contributed by atoms with van der Waals surface area (Å²) in [7, 11) is 0. The van der Waals surface area contributed by atoms with Crippen LogP contribution >= 0.6 is 0 Å². The Kier molecular flexibility index (Phi) is 4.53. The minimum absolute atomic E-state index is 0.659. The van der Waals surface area contributed by atoms with Gasteiger partial charge in [0.05, 0.1) is 5.39 Å². The first-order valence-electron chi connectivity index (χ1n) is 10.0. The first-order chi connectivity index (χ1) is 13.9. The normalized spacial score (nSPS) is 14.9. The van der Waals surface area contributed by atoms with E-state index in [0.29, 0.717) is 5.71 Å². The van der Waals surface area contributed by atoms with E-state index in [-0.39, 0.29) is 0 Å². The molecule has 0 spiro atoms. The zero-order valence-electron chi connectivity index (χ0n) is 15.8. The monoisotopic (exact) mass is 369 g/mol. The quantitative estimate of drug-likeness (QED) is 0.448. The van der Waals surface area contributed by atoms with E-state index < -0.39 is 0 Å². The first kappa shape index (κ1) is 17.0. The van der Waals surface area contributed by atoms with E-state index in [9.17, 15) is 0 Å². The maximum Gasteiger partial charge on any atom is 0.232 e. The molecule has 4 nitrogen and oxygen atoms in total. The fourth-order valence-corrected chi connectivity index (χ4v) is 4.11. The molecule has 3 heterocycles. The molecule has 0 atom stereocenters. The number of fused-ring (bicyclic) bond motifs is 1. The highest BCUT2D eigenvalue weighted by molar-refractivity contribution is 6.06. The highest BCUT2D eigenvalue weighted by atomic mass is 16.3. The van der Waals surface area contributed by atoms with Gasteiger partial charge in [-0.2, -0.15) is 0 Å². The van der Waals surface area contributed by atoms with Crippen molar-refractivity contribution in [1.82, 2.24) is 9.97 Å². The SMILES string of the molecule is c1ccc(-c2oc3ncnc(N4CCCCCC4)c3c2-c2ccccc2)cc1. The van der Waals surface area contributed by atoms with Gasteiger partial charge in [0.1, 0.15) is 17.9 Å². The maximum absolute atomic E-state index is 6.32. The van der Waals surface area contributed by atoms with Crippen molar-refractivity contribution < 1.29 is 4.42 Å². The Balaban J connectivity index is 1.78. The van der Waals surface area contributed by atoms with Gasteiger partial charge in [0, 0.05) is 24.2 Å². The number of hydrogen-bond donors (Lipinski definition) is 0. The van der Waals surface area contributed by atoms with Crippen LogP contribution in [-0.2, 0) is 0 Å². The number of nitrogens with zero attached hydrogens (tertiary/aromatic N) is 3. The lowest BCUT2D eigenvalue weighted by atomic mass is 9.99. The zero-order chi connectivity index (χ0) is 18.8. The van der Waals surface area contributed by atoms with E-state index in [1.807, 2.05) is 24.3 Å². The molecule has 0 unspecified atom stereocenters. The average molecular weight is 369 g/mol. The molecule has 28 heavy (non-hydrogen) atoms. The number of anilines is 1. The van der Waals surface area contributed by atoms with Crippen LogP contribution in [0.25, 0.3) is 33.6 Å². The maximum atomic E-state index is 6.32. The highest BCUT2D eigenvalue weighted by Crippen LogP contribution is 2.43. The molecule has 0 radical (unpaired) electrons. The van der Waals surface area contributed by atoms with Gasteiger partial charge in [0.15, 0.2) is 0 Å². The van der Waals surface area contributed by atoms with Crippen LogP contribution in [0, 0.1) is 0 Å². The van der Waals surface area contributed by atoms with Crippen molar-refractivity contribution in [2.45, 2.75) is 25.7 Å². The summed E-state index contributed by atoms with van der Waals surface area (Å²) in [6, 6.07) is 20.7. The Morgan fingerprint density at radius 2 is 1.36 bits per heavy atom. The molecule has 4 aromatic rings. The summed E-state index contributed by atoms with van der Waals surface area (Å²) >= 11 is 0. The highest BCUT2D eigenvalue weighted by Gasteiger charge is 2.24. The molecule has 0 bridgehead atoms. The predicted octanol–water partition coefficient (Wildman–Crippen LogP) is 5.94. The van der Waals surface area contributed by atoms with Gasteiger partial charge in [-0.15, -0.1) is 0 Å². The van der Waals surface area contributed by atoms with E-state index in [0.717, 1.165) is 46.7 Å². The van der Waals surface area contributed by atoms with Crippen molar-refractivity contribution >= 4 is 16.9 Å². The lowest BCUT2D eigenvalue weighted by Crippen LogP contribution is -2.25. The van der Waals surface area contributed by atoms with Crippen molar-refractivity contribution in [3.05, 3.63) is 67.0 Å². The van der Waals surface area contributed by atoms with Gasteiger partial charge in [0.2, 0.25) is 5.71 Å². The minimum atomic E-state index is 0.659. The van der Waals surface area contributed by atoms with Crippen molar-refractivity contribution in [3.8, 4) is 22.5 Å². The Hall–Kier alpha value is -3.14. The molecule has 4 heteroatoms. The Morgan fingerprint density at radius 1 is 0.714 bits per heavy atom. The van der Waals surface area contributed by atoms with Crippen molar-refractivity contribution in [3.63, 3.8) is 0 Å². The second-order valence-electron chi connectivity index (χ2n) is 7.32. The number of hydrogen-bond acceptors (Lipinski definition) is 4. The molecule has 1 aliphatic heterocycles. The summed E-state index contributed by atoms with van der Waals surface area (Å²) in [6.07, 6.45) is 6.62. The number of rotatable bonds is 3. The molecule has 2 aromatic carbocycles. The van der Waals surface area contributed by atoms with Gasteiger partial charge in [-0.3, -0.25) is 0 Å². The third kappa shape index (κ3) is 3.05. The molecular weight excluding hydrogens is 346 g/mol. The van der Waals surface area contributed by atoms with Gasteiger partial charge in [0.25, 0.3) is 0 Å². The molecular formula is C24H23N3O. The second kappa shape index (κ2) is 7.47. The predicted molar refractivity (Wildman–Crippen MR) is 113 cm³/mol. The fraction of sp³-hybridized carbons (Fsp3) is 0.250. The average Bonchev–Trinajstić information content (AvgIpc) is 2.95. The van der Waals surface area contributed by atoms with Crippen molar-refractivity contribution in [2.24, 2.45) is 0 Å². The molecule has 0 amide bonds. The molecule has 2 aromatic heterocycles. The van der Waals surface area contributed by atoms with Crippen LogP contribution in [0.1, 0.15) is 25.7 Å². The van der Waals surface area contributed by atoms with Gasteiger partial charge in [-0.25, -0.2) is 9.97 Å². The first-order valence-corrected chi connectivity index (χ1v) is 10.0. The molecule has 0 aliphatic carbocycles. The zero-order valence-corrected chi connectivity index (χ0v) is 15.8. The minimum Gasteiger partial charge on any atom is -0.437 e. The molecule has 0 N–H and O–H groups in total. The van der Waals surface area contributed by atoms with Crippen LogP contribution in [0.2, 0.25) is 0 Å². The van der Waals surface area contributed by atoms with E-state index in [1.54, 1.807) is 6.33 Å². The molecule has 5 rings (SSSR count). The molecule has 0 saturated carbocycles.